The van der Waals surface area contributed by atoms with Crippen molar-refractivity contribution in [3.63, 3.8) is 0 Å². The van der Waals surface area contributed by atoms with E-state index < -0.39 is 0 Å². The molecule has 1 heterocycles. The summed E-state index contributed by atoms with van der Waals surface area (Å²) in [5.74, 6) is 0. The Morgan fingerprint density at radius 3 is 2.33 bits per heavy atom. The minimum atomic E-state index is 0.430. The average molecular weight is 243 g/mol. The van der Waals surface area contributed by atoms with Crippen LogP contribution in [0.15, 0.2) is 30.3 Å². The van der Waals surface area contributed by atoms with Crippen LogP contribution >= 0.6 is 0 Å². The van der Waals surface area contributed by atoms with Crippen molar-refractivity contribution >= 4 is 0 Å². The fraction of sp³-hybridized carbons (Fsp3) is 0.647. The Morgan fingerprint density at radius 2 is 1.67 bits per heavy atom. The summed E-state index contributed by atoms with van der Waals surface area (Å²) in [6, 6.07) is 12.0. The molecule has 98 valence electrons. The molecular formula is C17H25N. The lowest BCUT2D eigenvalue weighted by molar-refractivity contribution is 0.185. The van der Waals surface area contributed by atoms with Crippen LogP contribution in [-0.4, -0.2) is 12.6 Å². The van der Waals surface area contributed by atoms with Gasteiger partial charge < -0.3 is 5.32 Å². The van der Waals surface area contributed by atoms with E-state index in [1.54, 1.807) is 5.56 Å². The van der Waals surface area contributed by atoms with E-state index in [0.29, 0.717) is 11.5 Å². The molecule has 0 unspecified atom stereocenters. The molecule has 1 atom stereocenters. The van der Waals surface area contributed by atoms with E-state index in [2.05, 4.69) is 35.6 Å². The molecule has 3 rings (SSSR count). The Bertz CT molecular complexity index is 358. The molecule has 1 heteroatoms. The molecular weight excluding hydrogens is 218 g/mol. The van der Waals surface area contributed by atoms with E-state index >= 15 is 0 Å². The molecule has 1 saturated heterocycles. The second-order valence-corrected chi connectivity index (χ2v) is 6.09. The van der Waals surface area contributed by atoms with Gasteiger partial charge in [0.2, 0.25) is 0 Å². The molecule has 0 spiro atoms. The van der Waals surface area contributed by atoms with Crippen LogP contribution in [-0.2, 0) is 5.41 Å². The zero-order chi connectivity index (χ0) is 12.3. The largest absolute Gasteiger partial charge is 0.313 e. The lowest BCUT2D eigenvalue weighted by Gasteiger charge is -2.46. The predicted molar refractivity (Wildman–Crippen MR) is 76.8 cm³/mol. The first-order valence-electron chi connectivity index (χ1n) is 7.71. The fourth-order valence-corrected chi connectivity index (χ4v) is 4.11. The van der Waals surface area contributed by atoms with Gasteiger partial charge in [-0.15, -0.1) is 0 Å². The van der Waals surface area contributed by atoms with Gasteiger partial charge in [0, 0.05) is 11.5 Å². The summed E-state index contributed by atoms with van der Waals surface area (Å²) in [5.41, 5.74) is 2.02. The molecule has 1 nitrogen and oxygen atoms in total. The van der Waals surface area contributed by atoms with E-state index in [1.807, 2.05) is 0 Å². The average Bonchev–Trinajstić information content (AvgIpc) is 2.50. The monoisotopic (exact) mass is 243 g/mol. The van der Waals surface area contributed by atoms with Gasteiger partial charge in [0.25, 0.3) is 0 Å². The first-order valence-corrected chi connectivity index (χ1v) is 7.71. The highest BCUT2D eigenvalue weighted by molar-refractivity contribution is 5.28. The lowest BCUT2D eigenvalue weighted by Crippen LogP contribution is -2.51. The maximum atomic E-state index is 3.83. The lowest BCUT2D eigenvalue weighted by atomic mass is 9.63. The number of nitrogens with one attached hydrogen (secondary N) is 1. The number of hydrogen-bond donors (Lipinski definition) is 1. The maximum absolute atomic E-state index is 3.83. The van der Waals surface area contributed by atoms with Crippen LogP contribution in [0.5, 0.6) is 0 Å². The molecule has 2 aliphatic rings. The van der Waals surface area contributed by atoms with E-state index in [1.165, 1.54) is 57.9 Å². The van der Waals surface area contributed by atoms with Crippen LogP contribution < -0.4 is 5.32 Å². The van der Waals surface area contributed by atoms with E-state index in [-0.39, 0.29) is 0 Å². The van der Waals surface area contributed by atoms with Crippen molar-refractivity contribution in [3.05, 3.63) is 35.9 Å². The summed E-state index contributed by atoms with van der Waals surface area (Å²) in [5, 5.41) is 3.83. The van der Waals surface area contributed by atoms with Crippen LogP contribution in [0.2, 0.25) is 0 Å². The maximum Gasteiger partial charge on any atom is 0.0164 e. The molecule has 1 N–H and O–H groups in total. The van der Waals surface area contributed by atoms with Crippen molar-refractivity contribution in [2.45, 2.75) is 62.8 Å². The van der Waals surface area contributed by atoms with Crippen LogP contribution in [0.4, 0.5) is 0 Å². The van der Waals surface area contributed by atoms with Crippen molar-refractivity contribution in [2.75, 3.05) is 6.54 Å². The minimum Gasteiger partial charge on any atom is -0.313 e. The van der Waals surface area contributed by atoms with Gasteiger partial charge >= 0.3 is 0 Å². The highest BCUT2D eigenvalue weighted by atomic mass is 14.9. The third-order valence-electron chi connectivity index (χ3n) is 5.07. The Morgan fingerprint density at radius 1 is 0.889 bits per heavy atom. The summed E-state index contributed by atoms with van der Waals surface area (Å²) in [6.45, 7) is 1.22. The van der Waals surface area contributed by atoms with Gasteiger partial charge in [-0.05, 0) is 37.8 Å². The van der Waals surface area contributed by atoms with Gasteiger partial charge in [-0.25, -0.2) is 0 Å². The topological polar surface area (TPSA) is 12.0 Å². The summed E-state index contributed by atoms with van der Waals surface area (Å²) >= 11 is 0. The number of hydrogen-bond acceptors (Lipinski definition) is 1. The highest BCUT2D eigenvalue weighted by Gasteiger charge is 2.41. The van der Waals surface area contributed by atoms with E-state index in [0.717, 1.165) is 0 Å². The Balaban J connectivity index is 1.92. The second-order valence-electron chi connectivity index (χ2n) is 6.09. The summed E-state index contributed by atoms with van der Waals surface area (Å²) in [7, 11) is 0. The Kier molecular flexibility index (Phi) is 3.69. The van der Waals surface area contributed by atoms with Crippen molar-refractivity contribution in [2.24, 2.45) is 0 Å². The van der Waals surface area contributed by atoms with Gasteiger partial charge in [0.1, 0.15) is 0 Å². The van der Waals surface area contributed by atoms with Crippen molar-refractivity contribution in [1.29, 1.82) is 0 Å². The third kappa shape index (κ3) is 2.21. The number of benzene rings is 1. The van der Waals surface area contributed by atoms with Crippen molar-refractivity contribution < 1.29 is 0 Å². The second kappa shape index (κ2) is 5.44. The van der Waals surface area contributed by atoms with Crippen LogP contribution in [0, 0.1) is 0 Å². The molecule has 1 aliphatic heterocycles. The molecule has 0 aromatic heterocycles. The first kappa shape index (κ1) is 12.2. The molecule has 1 aromatic carbocycles. The zero-order valence-corrected chi connectivity index (χ0v) is 11.3. The van der Waals surface area contributed by atoms with Gasteiger partial charge in [-0.1, -0.05) is 56.0 Å². The highest BCUT2D eigenvalue weighted by Crippen LogP contribution is 2.44. The SMILES string of the molecule is c1ccc(C2([C@H]3CCCCN3)CCCCC2)cc1. The van der Waals surface area contributed by atoms with Gasteiger partial charge in [-0.2, -0.15) is 0 Å². The normalized spacial score (nSPS) is 27.9. The smallest absolute Gasteiger partial charge is 0.0164 e. The Hall–Kier alpha value is -0.820. The van der Waals surface area contributed by atoms with Crippen LogP contribution in [0.1, 0.15) is 56.9 Å². The summed E-state index contributed by atoms with van der Waals surface area (Å²) < 4.78 is 0. The molecule has 18 heavy (non-hydrogen) atoms. The van der Waals surface area contributed by atoms with Gasteiger partial charge in [0.15, 0.2) is 0 Å². The zero-order valence-electron chi connectivity index (χ0n) is 11.3. The van der Waals surface area contributed by atoms with Gasteiger partial charge in [-0.3, -0.25) is 0 Å². The number of rotatable bonds is 2. The van der Waals surface area contributed by atoms with Crippen molar-refractivity contribution in [1.82, 2.24) is 5.32 Å². The van der Waals surface area contributed by atoms with E-state index in [9.17, 15) is 0 Å². The van der Waals surface area contributed by atoms with Gasteiger partial charge in [0.05, 0.1) is 0 Å². The molecule has 0 amide bonds. The standard InChI is InChI=1S/C17H25N/c1-3-9-15(10-4-1)17(12-6-2-7-13-17)16-11-5-8-14-18-16/h1,3-4,9-10,16,18H,2,5-8,11-14H2/t16-/m1/s1. The quantitative estimate of drug-likeness (QED) is 0.827. The Labute approximate surface area is 111 Å². The van der Waals surface area contributed by atoms with Crippen LogP contribution in [0.3, 0.4) is 0 Å². The summed E-state index contributed by atoms with van der Waals surface area (Å²) in [4.78, 5) is 0. The molecule has 1 aliphatic carbocycles. The fourth-order valence-electron chi connectivity index (χ4n) is 4.11. The molecule has 0 radical (unpaired) electrons. The third-order valence-corrected chi connectivity index (χ3v) is 5.07. The molecule has 1 saturated carbocycles. The summed E-state index contributed by atoms with van der Waals surface area (Å²) in [6.07, 6.45) is 11.2. The number of piperidine rings is 1. The molecule has 1 aromatic rings. The molecule has 0 bridgehead atoms. The van der Waals surface area contributed by atoms with Crippen LogP contribution in [0.25, 0.3) is 0 Å². The minimum absolute atomic E-state index is 0.430. The first-order chi connectivity index (χ1) is 8.92. The molecule has 2 fully saturated rings. The van der Waals surface area contributed by atoms with E-state index in [4.69, 9.17) is 0 Å². The predicted octanol–water partition coefficient (Wildman–Crippen LogP) is 4.03. The van der Waals surface area contributed by atoms with Crippen molar-refractivity contribution in [3.8, 4) is 0 Å².